The maximum atomic E-state index is 3.20. The summed E-state index contributed by atoms with van der Waals surface area (Å²) in [5, 5.41) is 0. The molecular weight excluding hydrogens is 220 g/mol. The molecule has 0 spiro atoms. The Morgan fingerprint density at radius 1 is 1.43 bits per heavy atom. The maximum absolute atomic E-state index is 3.20. The smallest absolute Gasteiger partial charge is 0.0603 e. The second-order valence-electron chi connectivity index (χ2n) is 0.982. The molecule has 0 rings (SSSR count). The van der Waals surface area contributed by atoms with Crippen molar-refractivity contribution in [3.63, 3.8) is 0 Å². The first-order valence-electron chi connectivity index (χ1n) is 1.91. The van der Waals surface area contributed by atoms with Gasteiger partial charge in [0.2, 0.25) is 0 Å². The number of hydrogen-bond acceptors (Lipinski definition) is 0. The lowest BCUT2D eigenvalue weighted by atomic mass is 10.5. The molecule has 0 radical (unpaired) electrons. The standard InChI is InChI=1S/C5H6Br2/c1-2-3-4-5(6)7/h2-4H,1H3. The molecule has 0 nitrogen and oxygen atoms in total. The van der Waals surface area contributed by atoms with E-state index in [9.17, 15) is 0 Å². The van der Waals surface area contributed by atoms with Gasteiger partial charge in [-0.25, -0.2) is 0 Å². The van der Waals surface area contributed by atoms with Crippen molar-refractivity contribution in [3.05, 3.63) is 21.6 Å². The SMILES string of the molecule is CC=CC=C(Br)Br. The van der Waals surface area contributed by atoms with E-state index in [-0.39, 0.29) is 0 Å². The highest BCUT2D eigenvalue weighted by atomic mass is 79.9. The van der Waals surface area contributed by atoms with Crippen molar-refractivity contribution in [2.75, 3.05) is 0 Å². The molecule has 0 aliphatic heterocycles. The Morgan fingerprint density at radius 3 is 2.14 bits per heavy atom. The maximum Gasteiger partial charge on any atom is 0.0603 e. The fourth-order valence-electron chi connectivity index (χ4n) is 0.169. The van der Waals surface area contributed by atoms with E-state index in [1.807, 2.05) is 25.2 Å². The van der Waals surface area contributed by atoms with Crippen molar-refractivity contribution in [2.24, 2.45) is 0 Å². The van der Waals surface area contributed by atoms with Crippen molar-refractivity contribution in [2.45, 2.75) is 6.92 Å². The van der Waals surface area contributed by atoms with Crippen molar-refractivity contribution in [1.29, 1.82) is 0 Å². The Labute approximate surface area is 60.6 Å². The monoisotopic (exact) mass is 224 g/mol. The third-order valence-corrected chi connectivity index (χ3v) is 0.943. The summed E-state index contributed by atoms with van der Waals surface area (Å²) < 4.78 is 0.970. The summed E-state index contributed by atoms with van der Waals surface area (Å²) in [6.45, 7) is 1.97. The number of halogens is 2. The Morgan fingerprint density at radius 2 is 2.00 bits per heavy atom. The predicted molar refractivity (Wildman–Crippen MR) is 40.8 cm³/mol. The quantitative estimate of drug-likeness (QED) is 0.602. The van der Waals surface area contributed by atoms with Crippen LogP contribution in [-0.4, -0.2) is 0 Å². The molecule has 0 aromatic rings. The summed E-state index contributed by atoms with van der Waals surface area (Å²) in [6, 6.07) is 0. The molecule has 0 aliphatic rings. The average Bonchev–Trinajstić information content (AvgIpc) is 1.61. The molecule has 0 saturated carbocycles. The normalized spacial score (nSPS) is 9.57. The minimum atomic E-state index is 0.970. The van der Waals surface area contributed by atoms with E-state index in [0.717, 1.165) is 3.39 Å². The first-order chi connectivity index (χ1) is 3.27. The molecule has 0 aromatic carbocycles. The van der Waals surface area contributed by atoms with Crippen LogP contribution in [0.15, 0.2) is 21.6 Å². The van der Waals surface area contributed by atoms with E-state index in [2.05, 4.69) is 31.9 Å². The Bertz CT molecular complexity index is 88.3. The van der Waals surface area contributed by atoms with E-state index < -0.39 is 0 Å². The minimum absolute atomic E-state index is 0.970. The van der Waals surface area contributed by atoms with Crippen molar-refractivity contribution >= 4 is 31.9 Å². The largest absolute Gasteiger partial charge is 0.0876 e. The molecule has 0 fully saturated rings. The molecule has 0 heterocycles. The first-order valence-corrected chi connectivity index (χ1v) is 3.50. The molecule has 0 N–H and O–H groups in total. The van der Waals surface area contributed by atoms with Gasteiger partial charge in [0.15, 0.2) is 0 Å². The summed E-state index contributed by atoms with van der Waals surface area (Å²) in [4.78, 5) is 0. The lowest BCUT2D eigenvalue weighted by molar-refractivity contribution is 1.74. The highest BCUT2D eigenvalue weighted by Crippen LogP contribution is 2.11. The third-order valence-electron chi connectivity index (χ3n) is 0.415. The van der Waals surface area contributed by atoms with Crippen molar-refractivity contribution in [1.82, 2.24) is 0 Å². The van der Waals surface area contributed by atoms with Gasteiger partial charge in [0.25, 0.3) is 0 Å². The second-order valence-corrected chi connectivity index (χ2v) is 3.75. The fourth-order valence-corrected chi connectivity index (χ4v) is 0.474. The molecule has 2 heteroatoms. The van der Waals surface area contributed by atoms with Crippen LogP contribution in [0.3, 0.4) is 0 Å². The Balaban J connectivity index is 3.46. The number of hydrogen-bond donors (Lipinski definition) is 0. The summed E-state index contributed by atoms with van der Waals surface area (Å²) in [6.07, 6.45) is 5.82. The van der Waals surface area contributed by atoms with Crippen LogP contribution in [0.25, 0.3) is 0 Å². The van der Waals surface area contributed by atoms with Crippen LogP contribution in [0.5, 0.6) is 0 Å². The molecule has 40 valence electrons. The zero-order valence-corrected chi connectivity index (χ0v) is 7.16. The summed E-state index contributed by atoms with van der Waals surface area (Å²) >= 11 is 6.40. The van der Waals surface area contributed by atoms with Gasteiger partial charge in [-0.05, 0) is 44.9 Å². The summed E-state index contributed by atoms with van der Waals surface area (Å²) in [7, 11) is 0. The first kappa shape index (κ1) is 7.44. The van der Waals surface area contributed by atoms with Gasteiger partial charge in [-0.1, -0.05) is 12.2 Å². The van der Waals surface area contributed by atoms with Crippen LogP contribution in [0.1, 0.15) is 6.92 Å². The second kappa shape index (κ2) is 4.60. The van der Waals surface area contributed by atoms with E-state index in [4.69, 9.17) is 0 Å². The van der Waals surface area contributed by atoms with Gasteiger partial charge in [0.1, 0.15) is 0 Å². The van der Waals surface area contributed by atoms with Gasteiger partial charge in [-0.3, -0.25) is 0 Å². The van der Waals surface area contributed by atoms with Gasteiger partial charge < -0.3 is 0 Å². The summed E-state index contributed by atoms with van der Waals surface area (Å²) in [5.74, 6) is 0. The zero-order chi connectivity index (χ0) is 5.70. The van der Waals surface area contributed by atoms with Crippen LogP contribution in [0, 0.1) is 0 Å². The van der Waals surface area contributed by atoms with E-state index in [1.165, 1.54) is 0 Å². The molecular formula is C5H6Br2. The fraction of sp³-hybridized carbons (Fsp3) is 0.200. The predicted octanol–water partition coefficient (Wildman–Crippen LogP) is 3.19. The van der Waals surface area contributed by atoms with Gasteiger partial charge in [0, 0.05) is 0 Å². The zero-order valence-electron chi connectivity index (χ0n) is 3.99. The summed E-state index contributed by atoms with van der Waals surface area (Å²) in [5.41, 5.74) is 0. The van der Waals surface area contributed by atoms with Crippen molar-refractivity contribution < 1.29 is 0 Å². The molecule has 0 amide bonds. The van der Waals surface area contributed by atoms with Crippen LogP contribution >= 0.6 is 31.9 Å². The minimum Gasteiger partial charge on any atom is -0.0876 e. The van der Waals surface area contributed by atoms with Gasteiger partial charge in [-0.2, -0.15) is 0 Å². The van der Waals surface area contributed by atoms with Crippen LogP contribution in [0.4, 0.5) is 0 Å². The Kier molecular flexibility index (Phi) is 4.88. The molecule has 0 atom stereocenters. The molecule has 0 saturated heterocycles. The van der Waals surface area contributed by atoms with Crippen molar-refractivity contribution in [3.8, 4) is 0 Å². The molecule has 0 aromatic heterocycles. The van der Waals surface area contributed by atoms with Gasteiger partial charge >= 0.3 is 0 Å². The van der Waals surface area contributed by atoms with Crippen LogP contribution in [0.2, 0.25) is 0 Å². The molecule has 7 heavy (non-hydrogen) atoms. The van der Waals surface area contributed by atoms with Gasteiger partial charge in [0.05, 0.1) is 3.39 Å². The third kappa shape index (κ3) is 6.44. The highest BCUT2D eigenvalue weighted by Gasteiger charge is 1.71. The van der Waals surface area contributed by atoms with Crippen LogP contribution in [-0.2, 0) is 0 Å². The number of allylic oxidation sites excluding steroid dienone is 3. The molecule has 0 aliphatic carbocycles. The lowest BCUT2D eigenvalue weighted by Crippen LogP contribution is -1.45. The topological polar surface area (TPSA) is 0 Å². The van der Waals surface area contributed by atoms with E-state index in [1.54, 1.807) is 0 Å². The van der Waals surface area contributed by atoms with E-state index >= 15 is 0 Å². The van der Waals surface area contributed by atoms with Gasteiger partial charge in [-0.15, -0.1) is 0 Å². The molecule has 0 bridgehead atoms. The number of rotatable bonds is 1. The Hall–Kier alpha value is 0.440. The average molecular weight is 226 g/mol. The molecule has 0 unspecified atom stereocenters. The van der Waals surface area contributed by atoms with E-state index in [0.29, 0.717) is 0 Å². The highest BCUT2D eigenvalue weighted by molar-refractivity contribution is 9.28. The lowest BCUT2D eigenvalue weighted by Gasteiger charge is -1.72. The van der Waals surface area contributed by atoms with Crippen LogP contribution < -0.4 is 0 Å².